The number of rotatable bonds is 13. The summed E-state index contributed by atoms with van der Waals surface area (Å²) >= 11 is 0. The molecule has 184 valence electrons. The molecule has 0 N–H and O–H groups in total. The van der Waals surface area contributed by atoms with E-state index in [2.05, 4.69) is 6.92 Å². The van der Waals surface area contributed by atoms with Gasteiger partial charge in [0.2, 0.25) is 0 Å². The lowest BCUT2D eigenvalue weighted by atomic mass is 10.1. The molecule has 5 nitrogen and oxygen atoms in total. The lowest BCUT2D eigenvalue weighted by Crippen LogP contribution is -2.09. The Bertz CT molecular complexity index is 1050. The third kappa shape index (κ3) is 8.93. The van der Waals surface area contributed by atoms with Gasteiger partial charge in [-0.2, -0.15) is 0 Å². The van der Waals surface area contributed by atoms with Gasteiger partial charge in [0.15, 0.2) is 0 Å². The van der Waals surface area contributed by atoms with Gasteiger partial charge in [0.05, 0.1) is 17.7 Å². The number of carbonyl (C=O) groups excluding carboxylic acids is 2. The Balaban J connectivity index is 1.41. The topological polar surface area (TPSA) is 61.8 Å². The minimum absolute atomic E-state index is 0.365. The Hall–Kier alpha value is -3.60. The van der Waals surface area contributed by atoms with Gasteiger partial charge < -0.3 is 14.2 Å². The molecule has 0 aromatic heterocycles. The predicted octanol–water partition coefficient (Wildman–Crippen LogP) is 7.56. The van der Waals surface area contributed by atoms with E-state index in [1.807, 2.05) is 19.1 Å². The van der Waals surface area contributed by atoms with Crippen molar-refractivity contribution in [3.05, 3.63) is 89.5 Å². The fraction of sp³-hybridized carbons (Fsp3) is 0.333. The van der Waals surface area contributed by atoms with E-state index in [0.717, 1.165) is 17.7 Å². The van der Waals surface area contributed by atoms with Crippen LogP contribution in [0.25, 0.3) is 0 Å². The zero-order valence-electron chi connectivity index (χ0n) is 20.6. The fourth-order valence-electron chi connectivity index (χ4n) is 3.53. The predicted molar refractivity (Wildman–Crippen MR) is 137 cm³/mol. The molecule has 0 saturated heterocycles. The number of carbonyl (C=O) groups is 2. The van der Waals surface area contributed by atoms with Crippen molar-refractivity contribution in [1.29, 1.82) is 0 Å². The van der Waals surface area contributed by atoms with Crippen molar-refractivity contribution in [2.75, 3.05) is 6.61 Å². The number of aryl methyl sites for hydroxylation is 1. The van der Waals surface area contributed by atoms with E-state index in [-0.39, 0.29) is 0 Å². The molecule has 0 heterocycles. The number of hydrogen-bond acceptors (Lipinski definition) is 5. The van der Waals surface area contributed by atoms with Gasteiger partial charge in [-0.3, -0.25) is 0 Å². The highest BCUT2D eigenvalue weighted by Gasteiger charge is 2.11. The highest BCUT2D eigenvalue weighted by atomic mass is 16.5. The summed E-state index contributed by atoms with van der Waals surface area (Å²) in [5.41, 5.74) is 1.97. The Morgan fingerprint density at radius 1 is 0.571 bits per heavy atom. The van der Waals surface area contributed by atoms with Crippen LogP contribution in [0, 0.1) is 6.92 Å². The van der Waals surface area contributed by atoms with E-state index < -0.39 is 11.9 Å². The van der Waals surface area contributed by atoms with Crippen LogP contribution in [0.4, 0.5) is 0 Å². The molecule has 0 fully saturated rings. The summed E-state index contributed by atoms with van der Waals surface area (Å²) < 4.78 is 16.6. The van der Waals surface area contributed by atoms with Crippen molar-refractivity contribution in [3.8, 4) is 17.2 Å². The molecule has 3 rings (SSSR count). The second kappa shape index (κ2) is 14.0. The number of benzene rings is 3. The van der Waals surface area contributed by atoms with Crippen LogP contribution in [0.15, 0.2) is 72.8 Å². The van der Waals surface area contributed by atoms with Gasteiger partial charge in [-0.15, -0.1) is 0 Å². The average Bonchev–Trinajstić information content (AvgIpc) is 2.87. The number of unbranched alkanes of at least 4 members (excludes halogenated alkanes) is 6. The summed E-state index contributed by atoms with van der Waals surface area (Å²) in [6, 6.07) is 20.5. The number of ether oxygens (including phenoxy) is 3. The van der Waals surface area contributed by atoms with Crippen molar-refractivity contribution in [1.82, 2.24) is 0 Å². The Morgan fingerprint density at radius 3 is 1.51 bits per heavy atom. The molecule has 0 aliphatic carbocycles. The molecule has 0 radical (unpaired) electrons. The minimum atomic E-state index is -0.465. The number of esters is 2. The molecule has 0 bridgehead atoms. The Kier molecular flexibility index (Phi) is 10.4. The normalized spacial score (nSPS) is 10.6. The molecule has 0 aliphatic heterocycles. The van der Waals surface area contributed by atoms with Crippen LogP contribution >= 0.6 is 0 Å². The quantitative estimate of drug-likeness (QED) is 0.145. The summed E-state index contributed by atoms with van der Waals surface area (Å²) in [5, 5.41) is 0. The highest BCUT2D eigenvalue weighted by molar-refractivity contribution is 5.92. The van der Waals surface area contributed by atoms with E-state index >= 15 is 0 Å². The second-order valence-corrected chi connectivity index (χ2v) is 8.61. The molecule has 5 heteroatoms. The largest absolute Gasteiger partial charge is 0.494 e. The van der Waals surface area contributed by atoms with Crippen LogP contribution in [0.5, 0.6) is 17.2 Å². The van der Waals surface area contributed by atoms with Crippen molar-refractivity contribution in [2.24, 2.45) is 0 Å². The van der Waals surface area contributed by atoms with Gasteiger partial charge in [0.25, 0.3) is 0 Å². The van der Waals surface area contributed by atoms with Crippen molar-refractivity contribution < 1.29 is 23.8 Å². The van der Waals surface area contributed by atoms with Gasteiger partial charge in [-0.05, 0) is 74.0 Å². The molecule has 3 aromatic carbocycles. The molecule has 0 amide bonds. The summed E-state index contributed by atoms with van der Waals surface area (Å²) in [7, 11) is 0. The van der Waals surface area contributed by atoms with Crippen molar-refractivity contribution in [2.45, 2.75) is 58.8 Å². The van der Waals surface area contributed by atoms with Crippen LogP contribution in [0.1, 0.15) is 78.1 Å². The third-order valence-corrected chi connectivity index (χ3v) is 5.64. The third-order valence-electron chi connectivity index (χ3n) is 5.64. The smallest absolute Gasteiger partial charge is 0.343 e. The van der Waals surface area contributed by atoms with Gasteiger partial charge in [0.1, 0.15) is 17.2 Å². The van der Waals surface area contributed by atoms with Gasteiger partial charge >= 0.3 is 11.9 Å². The molecule has 0 saturated carbocycles. The molecule has 0 atom stereocenters. The van der Waals surface area contributed by atoms with E-state index in [1.54, 1.807) is 60.7 Å². The summed E-state index contributed by atoms with van der Waals surface area (Å²) in [6.07, 6.45) is 8.67. The monoisotopic (exact) mass is 474 g/mol. The molecule has 0 aliphatic rings. The fourth-order valence-corrected chi connectivity index (χ4v) is 3.53. The zero-order valence-corrected chi connectivity index (χ0v) is 20.6. The van der Waals surface area contributed by atoms with E-state index in [9.17, 15) is 9.59 Å². The van der Waals surface area contributed by atoms with Crippen LogP contribution in [-0.2, 0) is 0 Å². The lowest BCUT2D eigenvalue weighted by Gasteiger charge is -2.08. The zero-order chi connectivity index (χ0) is 24.9. The molecular weight excluding hydrogens is 440 g/mol. The van der Waals surface area contributed by atoms with Crippen LogP contribution < -0.4 is 14.2 Å². The molecule has 35 heavy (non-hydrogen) atoms. The van der Waals surface area contributed by atoms with Crippen molar-refractivity contribution >= 4 is 11.9 Å². The first-order valence-electron chi connectivity index (χ1n) is 12.4. The molecule has 3 aromatic rings. The van der Waals surface area contributed by atoms with E-state index in [0.29, 0.717) is 29.2 Å². The Morgan fingerprint density at radius 2 is 1.00 bits per heavy atom. The van der Waals surface area contributed by atoms with Crippen molar-refractivity contribution in [3.63, 3.8) is 0 Å². The van der Waals surface area contributed by atoms with E-state index in [4.69, 9.17) is 14.2 Å². The summed E-state index contributed by atoms with van der Waals surface area (Å²) in [4.78, 5) is 24.7. The number of hydrogen-bond donors (Lipinski definition) is 0. The van der Waals surface area contributed by atoms with E-state index in [1.165, 1.54) is 38.5 Å². The molecule has 0 spiro atoms. The first-order valence-corrected chi connectivity index (χ1v) is 12.4. The SMILES string of the molecule is CCCCCCCCCOc1ccc(C(=O)Oc2ccc(OC(=O)c3ccc(C)cc3)cc2)cc1. The second-order valence-electron chi connectivity index (χ2n) is 8.61. The van der Waals surface area contributed by atoms with Gasteiger partial charge in [-0.25, -0.2) is 9.59 Å². The standard InChI is InChI=1S/C30H34O5/c1-3-4-5-6-7-8-9-22-33-26-16-14-25(15-17-26)30(32)35-28-20-18-27(19-21-28)34-29(31)24-12-10-23(2)11-13-24/h10-21H,3-9,22H2,1-2H3. The summed E-state index contributed by atoms with van der Waals surface area (Å²) in [6.45, 7) is 4.86. The first-order chi connectivity index (χ1) is 17.0. The maximum absolute atomic E-state index is 12.5. The van der Waals surface area contributed by atoms with Crippen LogP contribution in [0.2, 0.25) is 0 Å². The maximum Gasteiger partial charge on any atom is 0.343 e. The first kappa shape index (κ1) is 26.0. The maximum atomic E-state index is 12.5. The van der Waals surface area contributed by atoms with Crippen LogP contribution in [-0.4, -0.2) is 18.5 Å². The van der Waals surface area contributed by atoms with Gasteiger partial charge in [-0.1, -0.05) is 63.1 Å². The Labute approximate surface area is 208 Å². The molecule has 0 unspecified atom stereocenters. The molecular formula is C30H34O5. The minimum Gasteiger partial charge on any atom is -0.494 e. The highest BCUT2D eigenvalue weighted by Crippen LogP contribution is 2.21. The van der Waals surface area contributed by atoms with Gasteiger partial charge in [0, 0.05) is 0 Å². The van der Waals surface area contributed by atoms with Crippen LogP contribution in [0.3, 0.4) is 0 Å². The summed E-state index contributed by atoms with van der Waals surface area (Å²) in [5.74, 6) is 0.576. The average molecular weight is 475 g/mol. The lowest BCUT2D eigenvalue weighted by molar-refractivity contribution is 0.0719.